The van der Waals surface area contributed by atoms with Crippen LogP contribution in [0.25, 0.3) is 0 Å². The standard InChI is InChI=1S/C21H21N5O8S/c1-11(19(28)24-17-8-9-22-26(17)2)23-14-4-3-5-16(18(14)21(31)32)35(33,34)25-13-7-6-12(20(29)30)10-15(13)27/h3-11,23,25,27H,1-2H3,(H,24,28)(H,29,30)(H,31,32). The number of aromatic carboxylic acids is 2. The molecule has 1 atom stereocenters. The van der Waals surface area contributed by atoms with Gasteiger partial charge in [-0.1, -0.05) is 6.07 Å². The van der Waals surface area contributed by atoms with Crippen molar-refractivity contribution in [3.8, 4) is 5.75 Å². The van der Waals surface area contributed by atoms with Crippen LogP contribution in [0.15, 0.2) is 53.6 Å². The number of phenols is 1. The normalized spacial score (nSPS) is 11.9. The maximum atomic E-state index is 13.0. The Bertz CT molecular complexity index is 1420. The smallest absolute Gasteiger partial charge is 0.339 e. The zero-order valence-corrected chi connectivity index (χ0v) is 19.2. The summed E-state index contributed by atoms with van der Waals surface area (Å²) in [6, 6.07) is 7.16. The van der Waals surface area contributed by atoms with Gasteiger partial charge in [-0.3, -0.25) is 14.2 Å². The molecule has 0 bridgehead atoms. The molecule has 0 saturated heterocycles. The van der Waals surface area contributed by atoms with Crippen LogP contribution in [0.3, 0.4) is 0 Å². The molecule has 3 aromatic rings. The highest BCUT2D eigenvalue weighted by Gasteiger charge is 2.27. The fourth-order valence-corrected chi connectivity index (χ4v) is 4.37. The van der Waals surface area contributed by atoms with Crippen LogP contribution in [0.1, 0.15) is 27.6 Å². The third kappa shape index (κ3) is 5.50. The molecule has 1 amide bonds. The number of nitrogens with zero attached hydrogens (tertiary/aromatic N) is 2. The number of nitrogens with one attached hydrogen (secondary N) is 3. The van der Waals surface area contributed by atoms with Gasteiger partial charge in [0.05, 0.1) is 23.1 Å². The number of benzene rings is 2. The van der Waals surface area contributed by atoms with Gasteiger partial charge in [0, 0.05) is 13.1 Å². The lowest BCUT2D eigenvalue weighted by atomic mass is 10.1. The SMILES string of the molecule is CC(Nc1cccc(S(=O)(=O)Nc2ccc(C(=O)O)cc2O)c1C(=O)O)C(=O)Nc1ccnn1C. The van der Waals surface area contributed by atoms with Gasteiger partial charge in [0.1, 0.15) is 28.1 Å². The van der Waals surface area contributed by atoms with Crippen molar-refractivity contribution in [2.45, 2.75) is 17.9 Å². The van der Waals surface area contributed by atoms with E-state index in [1.54, 1.807) is 13.1 Å². The van der Waals surface area contributed by atoms with Crippen molar-refractivity contribution >= 4 is 45.1 Å². The maximum Gasteiger partial charge on any atom is 0.339 e. The van der Waals surface area contributed by atoms with Crippen LogP contribution in [0.5, 0.6) is 5.75 Å². The van der Waals surface area contributed by atoms with Crippen molar-refractivity contribution in [1.82, 2.24) is 9.78 Å². The van der Waals surface area contributed by atoms with E-state index in [9.17, 15) is 33.0 Å². The lowest BCUT2D eigenvalue weighted by Gasteiger charge is -2.19. The van der Waals surface area contributed by atoms with Crippen LogP contribution in [-0.2, 0) is 21.9 Å². The van der Waals surface area contributed by atoms with Crippen molar-refractivity contribution in [3.05, 3.63) is 59.8 Å². The Morgan fingerprint density at radius 3 is 2.31 bits per heavy atom. The second-order valence-electron chi connectivity index (χ2n) is 7.32. The molecule has 13 nitrogen and oxygen atoms in total. The van der Waals surface area contributed by atoms with Gasteiger partial charge < -0.3 is 26.0 Å². The number of anilines is 3. The van der Waals surface area contributed by atoms with Crippen LogP contribution >= 0.6 is 0 Å². The molecule has 1 aromatic heterocycles. The molecular formula is C21H21N5O8S. The van der Waals surface area contributed by atoms with Gasteiger partial charge in [0.25, 0.3) is 10.0 Å². The minimum atomic E-state index is -4.56. The van der Waals surface area contributed by atoms with Crippen molar-refractivity contribution < 1.29 is 38.1 Å². The van der Waals surface area contributed by atoms with Gasteiger partial charge >= 0.3 is 11.9 Å². The number of aromatic hydroxyl groups is 1. The summed E-state index contributed by atoms with van der Waals surface area (Å²) in [5.41, 5.74) is -1.41. The van der Waals surface area contributed by atoms with Crippen LogP contribution < -0.4 is 15.4 Å². The molecule has 0 fully saturated rings. The minimum Gasteiger partial charge on any atom is -0.506 e. The molecule has 0 saturated carbocycles. The van der Waals surface area contributed by atoms with Gasteiger partial charge in [-0.25, -0.2) is 18.0 Å². The van der Waals surface area contributed by atoms with Gasteiger partial charge in [-0.2, -0.15) is 5.10 Å². The van der Waals surface area contributed by atoms with E-state index in [1.165, 1.54) is 29.9 Å². The van der Waals surface area contributed by atoms with Crippen LogP contribution in [0.2, 0.25) is 0 Å². The van der Waals surface area contributed by atoms with Gasteiger partial charge in [0.15, 0.2) is 0 Å². The van der Waals surface area contributed by atoms with Crippen LogP contribution in [-0.4, -0.2) is 57.4 Å². The Hall–Kier alpha value is -4.59. The van der Waals surface area contributed by atoms with Gasteiger partial charge in [-0.05, 0) is 37.3 Å². The Morgan fingerprint density at radius 2 is 1.74 bits per heavy atom. The maximum absolute atomic E-state index is 13.0. The average Bonchev–Trinajstić information content (AvgIpc) is 3.18. The number of amides is 1. The zero-order chi connectivity index (χ0) is 25.9. The number of carbonyl (C=O) groups is 3. The number of carboxylic acid groups (broad SMARTS) is 2. The summed E-state index contributed by atoms with van der Waals surface area (Å²) >= 11 is 0. The quantitative estimate of drug-likeness (QED) is 0.234. The number of carbonyl (C=O) groups excluding carboxylic acids is 1. The first kappa shape index (κ1) is 25.0. The molecule has 2 aromatic carbocycles. The van der Waals surface area contributed by atoms with Crippen LogP contribution in [0.4, 0.5) is 17.2 Å². The largest absolute Gasteiger partial charge is 0.506 e. The third-order valence-corrected chi connectivity index (χ3v) is 6.26. The van der Waals surface area contributed by atoms with E-state index in [1.807, 2.05) is 0 Å². The summed E-state index contributed by atoms with van der Waals surface area (Å²) in [5.74, 6) is -3.71. The van der Waals surface area contributed by atoms with Gasteiger partial charge in [0.2, 0.25) is 5.91 Å². The predicted octanol–water partition coefficient (Wildman–Crippen LogP) is 1.76. The molecule has 6 N–H and O–H groups in total. The predicted molar refractivity (Wildman–Crippen MR) is 124 cm³/mol. The zero-order valence-electron chi connectivity index (χ0n) is 18.4. The van der Waals surface area contributed by atoms with Crippen molar-refractivity contribution in [2.24, 2.45) is 7.05 Å². The number of hydrogen-bond donors (Lipinski definition) is 6. The number of rotatable bonds is 9. The minimum absolute atomic E-state index is 0.140. The molecular weight excluding hydrogens is 482 g/mol. The number of hydrogen-bond acceptors (Lipinski definition) is 8. The van der Waals surface area contributed by atoms with E-state index in [2.05, 4.69) is 20.5 Å². The molecule has 1 heterocycles. The highest BCUT2D eigenvalue weighted by molar-refractivity contribution is 7.92. The number of sulfonamides is 1. The highest BCUT2D eigenvalue weighted by atomic mass is 32.2. The summed E-state index contributed by atoms with van der Waals surface area (Å²) < 4.78 is 29.5. The molecule has 0 aliphatic carbocycles. The molecule has 0 radical (unpaired) electrons. The second-order valence-corrected chi connectivity index (χ2v) is 8.97. The molecule has 14 heteroatoms. The lowest BCUT2D eigenvalue weighted by molar-refractivity contribution is -0.116. The van der Waals surface area contributed by atoms with E-state index < -0.39 is 50.1 Å². The Balaban J connectivity index is 1.91. The van der Waals surface area contributed by atoms with Crippen LogP contribution in [0, 0.1) is 0 Å². The second kappa shape index (κ2) is 9.72. The molecule has 0 spiro atoms. The summed E-state index contributed by atoms with van der Waals surface area (Å²) in [5, 5.41) is 38.0. The monoisotopic (exact) mass is 503 g/mol. The first-order chi connectivity index (χ1) is 16.4. The Morgan fingerprint density at radius 1 is 1.03 bits per heavy atom. The fourth-order valence-electron chi connectivity index (χ4n) is 3.08. The molecule has 184 valence electrons. The number of phenolic OH excluding ortho intramolecular Hbond substituents is 1. The lowest BCUT2D eigenvalue weighted by Crippen LogP contribution is -2.33. The Labute approximate surface area is 199 Å². The first-order valence-corrected chi connectivity index (χ1v) is 11.4. The number of aryl methyl sites for hydroxylation is 1. The summed E-state index contributed by atoms with van der Waals surface area (Å²) in [7, 11) is -2.94. The van der Waals surface area contributed by atoms with E-state index in [0.717, 1.165) is 24.3 Å². The fraction of sp³-hybridized carbons (Fsp3) is 0.143. The topological polar surface area (TPSA) is 200 Å². The number of aromatic nitrogens is 2. The van der Waals surface area contributed by atoms with Crippen molar-refractivity contribution in [1.29, 1.82) is 0 Å². The van der Waals surface area contributed by atoms with E-state index in [0.29, 0.717) is 5.82 Å². The summed E-state index contributed by atoms with van der Waals surface area (Å²) in [4.78, 5) is 34.9. The molecule has 1 unspecified atom stereocenters. The molecule has 35 heavy (non-hydrogen) atoms. The Kier molecular flexibility index (Phi) is 6.96. The van der Waals surface area contributed by atoms with E-state index in [-0.39, 0.29) is 16.9 Å². The first-order valence-electron chi connectivity index (χ1n) is 9.91. The molecule has 3 rings (SSSR count). The molecule has 0 aliphatic heterocycles. The van der Waals surface area contributed by atoms with E-state index in [4.69, 9.17) is 5.11 Å². The third-order valence-electron chi connectivity index (χ3n) is 4.86. The average molecular weight is 503 g/mol. The van der Waals surface area contributed by atoms with Crippen molar-refractivity contribution in [3.63, 3.8) is 0 Å². The van der Waals surface area contributed by atoms with Gasteiger partial charge in [-0.15, -0.1) is 0 Å². The molecule has 0 aliphatic rings. The van der Waals surface area contributed by atoms with E-state index >= 15 is 0 Å². The number of carboxylic acids is 2. The summed E-state index contributed by atoms with van der Waals surface area (Å²) in [6.45, 7) is 1.46. The highest BCUT2D eigenvalue weighted by Crippen LogP contribution is 2.30. The summed E-state index contributed by atoms with van der Waals surface area (Å²) in [6.07, 6.45) is 1.48. The van der Waals surface area contributed by atoms with Crippen molar-refractivity contribution in [2.75, 3.05) is 15.4 Å².